The standard InChI is InChI=1S/C24H26N4O6S/c1-33-20-11-8-18(9-12-20)28-35(31,32)22-14-19(10-13-21(22)34-2)27-23(29)16-26-24(30)25-15-17-6-4-3-5-7-17/h3-14,28H,15-16H2,1-2H3,(H,27,29)(H2,25,26,30). The Balaban J connectivity index is 1.61. The van der Waals surface area contributed by atoms with Crippen LogP contribution in [0.2, 0.25) is 0 Å². The van der Waals surface area contributed by atoms with Gasteiger partial charge < -0.3 is 25.4 Å². The van der Waals surface area contributed by atoms with E-state index in [4.69, 9.17) is 9.47 Å². The Hall–Kier alpha value is -4.25. The average molecular weight is 499 g/mol. The molecule has 0 aliphatic carbocycles. The Morgan fingerprint density at radius 3 is 2.17 bits per heavy atom. The van der Waals surface area contributed by atoms with Crippen LogP contribution >= 0.6 is 0 Å². The molecule has 0 radical (unpaired) electrons. The average Bonchev–Trinajstić information content (AvgIpc) is 2.87. The van der Waals surface area contributed by atoms with Crippen molar-refractivity contribution in [2.45, 2.75) is 11.4 Å². The van der Waals surface area contributed by atoms with Crippen molar-refractivity contribution in [3.63, 3.8) is 0 Å². The molecule has 0 fully saturated rings. The van der Waals surface area contributed by atoms with Gasteiger partial charge in [0, 0.05) is 17.9 Å². The van der Waals surface area contributed by atoms with Gasteiger partial charge in [-0.1, -0.05) is 30.3 Å². The second-order valence-electron chi connectivity index (χ2n) is 7.27. The molecule has 10 nitrogen and oxygen atoms in total. The van der Waals surface area contributed by atoms with E-state index in [0.717, 1.165) is 5.56 Å². The van der Waals surface area contributed by atoms with Crippen LogP contribution in [0, 0.1) is 0 Å². The molecular weight excluding hydrogens is 472 g/mol. The van der Waals surface area contributed by atoms with Crippen molar-refractivity contribution in [3.8, 4) is 11.5 Å². The molecule has 3 aromatic carbocycles. The van der Waals surface area contributed by atoms with Crippen molar-refractivity contribution in [3.05, 3.63) is 78.4 Å². The van der Waals surface area contributed by atoms with Gasteiger partial charge in [0.15, 0.2) is 0 Å². The van der Waals surface area contributed by atoms with Gasteiger partial charge >= 0.3 is 6.03 Å². The molecule has 3 rings (SSSR count). The Kier molecular flexibility index (Phi) is 8.52. The van der Waals surface area contributed by atoms with E-state index < -0.39 is 22.0 Å². The first kappa shape index (κ1) is 25.4. The van der Waals surface area contributed by atoms with Crippen molar-refractivity contribution in [2.75, 3.05) is 30.8 Å². The summed E-state index contributed by atoms with van der Waals surface area (Å²) >= 11 is 0. The van der Waals surface area contributed by atoms with Gasteiger partial charge in [0.05, 0.1) is 20.8 Å². The van der Waals surface area contributed by atoms with Gasteiger partial charge in [-0.3, -0.25) is 9.52 Å². The maximum atomic E-state index is 13.0. The number of urea groups is 1. The number of sulfonamides is 1. The van der Waals surface area contributed by atoms with Gasteiger partial charge in [-0.25, -0.2) is 13.2 Å². The quantitative estimate of drug-likeness (QED) is 0.340. The molecule has 0 saturated heterocycles. The Morgan fingerprint density at radius 2 is 1.51 bits per heavy atom. The summed E-state index contributed by atoms with van der Waals surface area (Å²) < 4.78 is 38.7. The number of ether oxygens (including phenoxy) is 2. The highest BCUT2D eigenvalue weighted by Gasteiger charge is 2.21. The summed E-state index contributed by atoms with van der Waals surface area (Å²) in [5, 5.41) is 7.67. The first-order valence-electron chi connectivity index (χ1n) is 10.5. The zero-order valence-corrected chi connectivity index (χ0v) is 20.0. The lowest BCUT2D eigenvalue weighted by Crippen LogP contribution is -2.39. The van der Waals surface area contributed by atoms with Gasteiger partial charge in [-0.05, 0) is 48.0 Å². The van der Waals surface area contributed by atoms with Crippen molar-refractivity contribution in [1.82, 2.24) is 10.6 Å². The first-order chi connectivity index (χ1) is 16.8. The van der Waals surface area contributed by atoms with Crippen LogP contribution in [0.5, 0.6) is 11.5 Å². The molecule has 0 bridgehead atoms. The Bertz CT molecular complexity index is 1260. The van der Waals surface area contributed by atoms with Gasteiger partial charge in [0.25, 0.3) is 10.0 Å². The monoisotopic (exact) mass is 498 g/mol. The molecule has 0 saturated carbocycles. The predicted molar refractivity (Wildman–Crippen MR) is 132 cm³/mol. The molecule has 0 aromatic heterocycles. The number of anilines is 2. The molecule has 3 aromatic rings. The minimum absolute atomic E-state index is 0.0995. The van der Waals surface area contributed by atoms with Crippen LogP contribution in [0.15, 0.2) is 77.7 Å². The van der Waals surface area contributed by atoms with Crippen LogP contribution in [0.3, 0.4) is 0 Å². The maximum Gasteiger partial charge on any atom is 0.315 e. The molecule has 0 heterocycles. The van der Waals surface area contributed by atoms with Crippen LogP contribution < -0.4 is 30.1 Å². The van der Waals surface area contributed by atoms with Gasteiger partial charge in [-0.15, -0.1) is 0 Å². The fourth-order valence-corrected chi connectivity index (χ4v) is 4.29. The van der Waals surface area contributed by atoms with E-state index in [1.807, 2.05) is 30.3 Å². The molecule has 0 atom stereocenters. The van der Waals surface area contributed by atoms with Gasteiger partial charge in [0.1, 0.15) is 16.4 Å². The molecule has 0 aliphatic heterocycles. The van der Waals surface area contributed by atoms with Crippen molar-refractivity contribution >= 4 is 33.3 Å². The van der Waals surface area contributed by atoms with Crippen LogP contribution in [-0.4, -0.2) is 41.1 Å². The van der Waals surface area contributed by atoms with Crippen molar-refractivity contribution in [1.29, 1.82) is 0 Å². The number of hydrogen-bond acceptors (Lipinski definition) is 6. The summed E-state index contributed by atoms with van der Waals surface area (Å²) in [6.45, 7) is 0.00796. The smallest absolute Gasteiger partial charge is 0.315 e. The summed E-state index contributed by atoms with van der Waals surface area (Å²) in [7, 11) is -1.18. The lowest BCUT2D eigenvalue weighted by Gasteiger charge is -2.14. The number of nitrogens with one attached hydrogen (secondary N) is 4. The zero-order valence-electron chi connectivity index (χ0n) is 19.2. The second-order valence-corrected chi connectivity index (χ2v) is 8.92. The van der Waals surface area contributed by atoms with E-state index in [-0.39, 0.29) is 22.9 Å². The molecular formula is C24H26N4O6S. The van der Waals surface area contributed by atoms with Crippen LogP contribution in [0.1, 0.15) is 5.56 Å². The van der Waals surface area contributed by atoms with E-state index in [0.29, 0.717) is 18.0 Å². The number of methoxy groups -OCH3 is 2. The summed E-state index contributed by atoms with van der Waals surface area (Å²) in [6.07, 6.45) is 0. The molecule has 4 N–H and O–H groups in total. The lowest BCUT2D eigenvalue weighted by molar-refractivity contribution is -0.115. The second kappa shape index (κ2) is 11.7. The fourth-order valence-electron chi connectivity index (χ4n) is 3.04. The van der Waals surface area contributed by atoms with Crippen LogP contribution in [0.4, 0.5) is 16.2 Å². The molecule has 3 amide bonds. The van der Waals surface area contributed by atoms with Gasteiger partial charge in [-0.2, -0.15) is 0 Å². The maximum absolute atomic E-state index is 13.0. The number of carbonyl (C=O) groups is 2. The highest BCUT2D eigenvalue weighted by atomic mass is 32.2. The van der Waals surface area contributed by atoms with Crippen LogP contribution in [0.25, 0.3) is 0 Å². The Morgan fingerprint density at radius 1 is 0.829 bits per heavy atom. The summed E-state index contributed by atoms with van der Waals surface area (Å²) in [5.41, 5.74) is 1.47. The number of amides is 3. The number of hydrogen-bond donors (Lipinski definition) is 4. The fraction of sp³-hybridized carbons (Fsp3) is 0.167. The number of rotatable bonds is 10. The third-order valence-electron chi connectivity index (χ3n) is 4.78. The molecule has 35 heavy (non-hydrogen) atoms. The molecule has 0 spiro atoms. The van der Waals surface area contributed by atoms with Crippen molar-refractivity contribution < 1.29 is 27.5 Å². The summed E-state index contributed by atoms with van der Waals surface area (Å²) in [4.78, 5) is 24.1. The predicted octanol–water partition coefficient (Wildman–Crippen LogP) is 2.94. The largest absolute Gasteiger partial charge is 0.497 e. The Labute approximate surface area is 203 Å². The van der Waals surface area contributed by atoms with E-state index in [2.05, 4.69) is 20.7 Å². The highest BCUT2D eigenvalue weighted by molar-refractivity contribution is 7.92. The minimum atomic E-state index is -4.04. The lowest BCUT2D eigenvalue weighted by atomic mass is 10.2. The molecule has 0 unspecified atom stereocenters. The van der Waals surface area contributed by atoms with Gasteiger partial charge in [0.2, 0.25) is 5.91 Å². The normalized spacial score (nSPS) is 10.7. The molecule has 11 heteroatoms. The number of benzene rings is 3. The van der Waals surface area contributed by atoms with E-state index >= 15 is 0 Å². The topological polar surface area (TPSA) is 135 Å². The SMILES string of the molecule is COc1ccc(NS(=O)(=O)c2cc(NC(=O)CNC(=O)NCc3ccccc3)ccc2OC)cc1. The molecule has 0 aliphatic rings. The zero-order chi connectivity index (χ0) is 25.3. The first-order valence-corrected chi connectivity index (χ1v) is 12.0. The summed E-state index contributed by atoms with van der Waals surface area (Å²) in [6, 6.07) is 19.4. The van der Waals surface area contributed by atoms with Crippen LogP contribution in [-0.2, 0) is 21.4 Å². The highest BCUT2D eigenvalue weighted by Crippen LogP contribution is 2.29. The van der Waals surface area contributed by atoms with E-state index in [1.54, 1.807) is 24.3 Å². The number of carbonyl (C=O) groups excluding carboxylic acids is 2. The van der Waals surface area contributed by atoms with Crippen molar-refractivity contribution in [2.24, 2.45) is 0 Å². The third-order valence-corrected chi connectivity index (χ3v) is 6.19. The van der Waals surface area contributed by atoms with E-state index in [1.165, 1.54) is 32.4 Å². The van der Waals surface area contributed by atoms with E-state index in [9.17, 15) is 18.0 Å². The minimum Gasteiger partial charge on any atom is -0.497 e. The summed E-state index contributed by atoms with van der Waals surface area (Å²) in [5.74, 6) is 0.150. The molecule has 184 valence electrons. The third kappa shape index (κ3) is 7.37.